The van der Waals surface area contributed by atoms with Crippen LogP contribution in [0.25, 0.3) is 0 Å². The summed E-state index contributed by atoms with van der Waals surface area (Å²) in [4.78, 5) is 14.3. The molecule has 9 heavy (non-hydrogen) atoms. The normalized spacial score (nSPS) is 17.2. The summed E-state index contributed by atoms with van der Waals surface area (Å²) in [6.45, 7) is 2.06. The van der Waals surface area contributed by atoms with Crippen molar-refractivity contribution >= 4 is 8.25 Å². The maximum absolute atomic E-state index is 8.74. The molecule has 1 aliphatic heterocycles. The Morgan fingerprint density at radius 3 is 1.67 bits per heavy atom. The van der Waals surface area contributed by atoms with Crippen molar-refractivity contribution in [2.75, 3.05) is 20.0 Å². The van der Waals surface area contributed by atoms with Crippen molar-refractivity contribution in [3.05, 3.63) is 0 Å². The minimum atomic E-state index is -3.13. The first-order chi connectivity index (χ1) is 4.23. The predicted molar refractivity (Wildman–Crippen MR) is 30.2 cm³/mol. The number of ether oxygens (including phenoxy) is 2. The summed E-state index contributed by atoms with van der Waals surface area (Å²) in [6, 6.07) is 0. The van der Waals surface area contributed by atoms with Crippen LogP contribution in [-0.4, -0.2) is 29.8 Å². The van der Waals surface area contributed by atoms with E-state index in [1.165, 1.54) is 0 Å². The van der Waals surface area contributed by atoms with Crippen LogP contribution in [0.5, 0.6) is 0 Å². The lowest BCUT2D eigenvalue weighted by atomic mass is 10.8. The van der Waals surface area contributed by atoms with Gasteiger partial charge in [0.05, 0.1) is 13.2 Å². The molecule has 1 saturated heterocycles. The Morgan fingerprint density at radius 2 is 1.56 bits per heavy atom. The van der Waals surface area contributed by atoms with Crippen LogP contribution >= 0.6 is 8.25 Å². The van der Waals surface area contributed by atoms with Crippen molar-refractivity contribution < 1.29 is 23.8 Å². The van der Waals surface area contributed by atoms with Gasteiger partial charge in [0.15, 0.2) is 0 Å². The highest BCUT2D eigenvalue weighted by Crippen LogP contribution is 1.98. The van der Waals surface area contributed by atoms with E-state index in [-0.39, 0.29) is 0 Å². The van der Waals surface area contributed by atoms with E-state index >= 15 is 0 Å². The van der Waals surface area contributed by atoms with Gasteiger partial charge in [-0.15, -0.1) is 0 Å². The molecule has 0 aromatic carbocycles. The molecule has 56 valence electrons. The van der Waals surface area contributed by atoms with Gasteiger partial charge in [0.1, 0.15) is 6.79 Å². The Bertz CT molecular complexity index is 68.7. The molecular weight excluding hydrogens is 147 g/mol. The molecular formula is C3H9O5P. The number of hydrogen-bond acceptors (Lipinski definition) is 3. The molecule has 0 aromatic heterocycles. The zero-order valence-corrected chi connectivity index (χ0v) is 5.74. The second-order valence-corrected chi connectivity index (χ2v) is 1.78. The second kappa shape index (κ2) is 6.19. The van der Waals surface area contributed by atoms with E-state index in [0.29, 0.717) is 6.79 Å². The van der Waals surface area contributed by atoms with E-state index in [1.54, 1.807) is 0 Å². The third kappa shape index (κ3) is 11.6. The Labute approximate surface area is 53.2 Å². The first-order valence-corrected chi connectivity index (χ1v) is 3.61. The van der Waals surface area contributed by atoms with Crippen LogP contribution in [0.4, 0.5) is 0 Å². The Balaban J connectivity index is 0.000000148. The molecule has 0 unspecified atom stereocenters. The van der Waals surface area contributed by atoms with Gasteiger partial charge in [-0.3, -0.25) is 4.57 Å². The van der Waals surface area contributed by atoms with Crippen LogP contribution in [-0.2, 0) is 14.0 Å². The van der Waals surface area contributed by atoms with Crippen molar-refractivity contribution in [2.45, 2.75) is 0 Å². The van der Waals surface area contributed by atoms with Gasteiger partial charge in [-0.2, -0.15) is 0 Å². The van der Waals surface area contributed by atoms with E-state index in [4.69, 9.17) is 23.8 Å². The van der Waals surface area contributed by atoms with Crippen molar-refractivity contribution in [3.8, 4) is 0 Å². The topological polar surface area (TPSA) is 76.0 Å². The quantitative estimate of drug-likeness (QED) is 0.456. The van der Waals surface area contributed by atoms with Gasteiger partial charge in [0, 0.05) is 0 Å². The van der Waals surface area contributed by atoms with E-state index in [0.717, 1.165) is 13.2 Å². The van der Waals surface area contributed by atoms with Gasteiger partial charge >= 0.3 is 8.25 Å². The van der Waals surface area contributed by atoms with Crippen LogP contribution in [0.1, 0.15) is 0 Å². The van der Waals surface area contributed by atoms with Gasteiger partial charge in [0.2, 0.25) is 0 Å². The van der Waals surface area contributed by atoms with Crippen molar-refractivity contribution in [1.29, 1.82) is 0 Å². The molecule has 0 saturated carbocycles. The summed E-state index contributed by atoms with van der Waals surface area (Å²) >= 11 is 0. The molecule has 1 aliphatic rings. The van der Waals surface area contributed by atoms with Crippen molar-refractivity contribution in [3.63, 3.8) is 0 Å². The smallest absolute Gasteiger partial charge is 0.314 e. The number of rotatable bonds is 0. The predicted octanol–water partition coefficient (Wildman–Crippen LogP) is -0.649. The minimum absolute atomic E-state index is 0.500. The van der Waals surface area contributed by atoms with Crippen LogP contribution < -0.4 is 0 Å². The minimum Gasteiger partial charge on any atom is -0.353 e. The van der Waals surface area contributed by atoms with Gasteiger partial charge in [0.25, 0.3) is 0 Å². The Kier molecular flexibility index (Phi) is 6.24. The van der Waals surface area contributed by atoms with E-state index in [9.17, 15) is 0 Å². The molecule has 0 amide bonds. The molecule has 0 bridgehead atoms. The van der Waals surface area contributed by atoms with Crippen LogP contribution in [0, 0.1) is 0 Å². The third-order valence-corrected chi connectivity index (χ3v) is 0.539. The number of hydrogen-bond donors (Lipinski definition) is 2. The highest BCUT2D eigenvalue weighted by atomic mass is 31.1. The summed E-state index contributed by atoms with van der Waals surface area (Å²) in [5, 5.41) is 0. The lowest BCUT2D eigenvalue weighted by Gasteiger charge is -1.76. The van der Waals surface area contributed by atoms with Gasteiger partial charge in [-0.05, 0) is 0 Å². The Morgan fingerprint density at radius 1 is 1.22 bits per heavy atom. The summed E-state index contributed by atoms with van der Waals surface area (Å²) < 4.78 is 18.2. The van der Waals surface area contributed by atoms with Crippen LogP contribution in [0.3, 0.4) is 0 Å². The average molecular weight is 156 g/mol. The van der Waals surface area contributed by atoms with Crippen molar-refractivity contribution in [1.82, 2.24) is 0 Å². The summed E-state index contributed by atoms with van der Waals surface area (Å²) in [6.07, 6.45) is 0. The second-order valence-electron chi connectivity index (χ2n) is 1.22. The molecule has 0 atom stereocenters. The zero-order chi connectivity index (χ0) is 7.11. The summed E-state index contributed by atoms with van der Waals surface area (Å²) in [5.41, 5.74) is 0. The maximum Gasteiger partial charge on any atom is 0.314 e. The van der Waals surface area contributed by atoms with Crippen molar-refractivity contribution in [2.24, 2.45) is 0 Å². The van der Waals surface area contributed by atoms with Gasteiger partial charge in [-0.1, -0.05) is 0 Å². The molecule has 0 aliphatic carbocycles. The summed E-state index contributed by atoms with van der Waals surface area (Å²) in [7, 11) is -3.13. The van der Waals surface area contributed by atoms with E-state index in [1.807, 2.05) is 0 Å². The molecule has 0 aromatic rings. The van der Waals surface area contributed by atoms with Gasteiger partial charge in [-0.25, -0.2) is 0 Å². The fourth-order valence-corrected chi connectivity index (χ4v) is 0.295. The van der Waals surface area contributed by atoms with E-state index < -0.39 is 8.25 Å². The lowest BCUT2D eigenvalue weighted by Crippen LogP contribution is -1.79. The average Bonchev–Trinajstić information content (AvgIpc) is 2.11. The molecule has 1 fully saturated rings. The highest BCUT2D eigenvalue weighted by Gasteiger charge is 1.93. The fraction of sp³-hybridized carbons (Fsp3) is 1.00. The highest BCUT2D eigenvalue weighted by molar-refractivity contribution is 7.30. The monoisotopic (exact) mass is 156 g/mol. The largest absolute Gasteiger partial charge is 0.353 e. The van der Waals surface area contributed by atoms with Crippen LogP contribution in [0.2, 0.25) is 0 Å². The standard InChI is InChI=1S/C3H6O2.H3O3P/c1-2-5-3-4-1;1-4(2)3/h1-3H2;4H,(H2,1,2,3). The third-order valence-electron chi connectivity index (χ3n) is 0.539. The maximum atomic E-state index is 8.74. The molecule has 6 heteroatoms. The molecule has 0 spiro atoms. The first kappa shape index (κ1) is 9.07. The lowest BCUT2D eigenvalue weighted by molar-refractivity contribution is 0.0692. The first-order valence-electron chi connectivity index (χ1n) is 2.31. The molecule has 1 rings (SSSR count). The summed E-state index contributed by atoms with van der Waals surface area (Å²) in [5.74, 6) is 0. The molecule has 2 N–H and O–H groups in total. The molecule has 0 radical (unpaired) electrons. The van der Waals surface area contributed by atoms with Gasteiger partial charge < -0.3 is 19.3 Å². The SMILES string of the molecule is C1COCO1.O=[PH](O)O. The zero-order valence-electron chi connectivity index (χ0n) is 4.74. The molecule has 5 nitrogen and oxygen atoms in total. The fourth-order valence-electron chi connectivity index (χ4n) is 0.295. The Hall–Kier alpha value is 0.0700. The molecule has 1 heterocycles. The van der Waals surface area contributed by atoms with Crippen LogP contribution in [0.15, 0.2) is 0 Å². The van der Waals surface area contributed by atoms with E-state index in [2.05, 4.69) is 0 Å².